The molecule has 0 radical (unpaired) electrons. The second-order valence-electron chi connectivity index (χ2n) is 4.55. The number of nitrogens with one attached hydrogen (secondary N) is 2. The molecule has 4 N–H and O–H groups in total. The second-order valence-corrected chi connectivity index (χ2v) is 4.55. The third-order valence-corrected chi connectivity index (χ3v) is 3.20. The minimum absolute atomic E-state index is 0.410. The van der Waals surface area contributed by atoms with Crippen molar-refractivity contribution in [2.24, 2.45) is 5.73 Å². The van der Waals surface area contributed by atoms with Crippen LogP contribution in [0.3, 0.4) is 0 Å². The van der Waals surface area contributed by atoms with Crippen molar-refractivity contribution in [3.8, 4) is 0 Å². The Labute approximate surface area is 115 Å². The lowest BCUT2D eigenvalue weighted by Gasteiger charge is -2.08. The first-order valence-corrected chi connectivity index (χ1v) is 6.29. The van der Waals surface area contributed by atoms with Crippen LogP contribution in [-0.4, -0.2) is 16.1 Å². The van der Waals surface area contributed by atoms with Crippen molar-refractivity contribution in [3.63, 3.8) is 0 Å². The molecule has 0 atom stereocenters. The van der Waals surface area contributed by atoms with Crippen LogP contribution < -0.4 is 11.1 Å². The van der Waals surface area contributed by atoms with Gasteiger partial charge in [0, 0.05) is 17.5 Å². The van der Waals surface area contributed by atoms with Crippen LogP contribution in [0.2, 0.25) is 0 Å². The number of primary amides is 1. The molecule has 0 fully saturated rings. The molecule has 1 heterocycles. The monoisotopic (exact) mass is 266 g/mol. The minimum Gasteiger partial charge on any atom is -0.379 e. The third-order valence-electron chi connectivity index (χ3n) is 3.20. The lowest BCUT2D eigenvalue weighted by Crippen LogP contribution is -2.10. The number of para-hydroxylation sites is 1. The summed E-state index contributed by atoms with van der Waals surface area (Å²) >= 11 is 0. The smallest absolute Gasteiger partial charge is 0.248 e. The number of nitrogens with zero attached hydrogens (tertiary/aromatic N) is 1. The topological polar surface area (TPSA) is 83.8 Å². The van der Waals surface area contributed by atoms with E-state index in [9.17, 15) is 4.79 Å². The van der Waals surface area contributed by atoms with Gasteiger partial charge in [-0.05, 0) is 23.8 Å². The molecule has 3 rings (SSSR count). The van der Waals surface area contributed by atoms with Crippen molar-refractivity contribution < 1.29 is 4.79 Å². The molecule has 1 amide bonds. The molecule has 0 bridgehead atoms. The zero-order chi connectivity index (χ0) is 13.9. The van der Waals surface area contributed by atoms with E-state index in [4.69, 9.17) is 5.73 Å². The quantitative estimate of drug-likeness (QED) is 0.677. The summed E-state index contributed by atoms with van der Waals surface area (Å²) in [4.78, 5) is 11.0. The molecular formula is C15H14N4O. The Bertz CT molecular complexity index is 746. The summed E-state index contributed by atoms with van der Waals surface area (Å²) in [7, 11) is 0. The van der Waals surface area contributed by atoms with Gasteiger partial charge < -0.3 is 11.1 Å². The molecule has 20 heavy (non-hydrogen) atoms. The summed E-state index contributed by atoms with van der Waals surface area (Å²) in [5.74, 6) is -0.410. The summed E-state index contributed by atoms with van der Waals surface area (Å²) in [5.41, 5.74) is 8.79. The van der Waals surface area contributed by atoms with Crippen molar-refractivity contribution >= 4 is 22.5 Å². The number of carbonyl (C=O) groups is 1. The van der Waals surface area contributed by atoms with Crippen molar-refractivity contribution in [1.29, 1.82) is 0 Å². The SMILES string of the molecule is NC(=O)c1ccc(CNc2cccc3cn[nH]c23)cc1. The summed E-state index contributed by atoms with van der Waals surface area (Å²) < 4.78 is 0. The molecule has 0 saturated heterocycles. The molecule has 5 nitrogen and oxygen atoms in total. The molecule has 1 aromatic heterocycles. The van der Waals surface area contributed by atoms with E-state index in [1.165, 1.54) is 0 Å². The summed E-state index contributed by atoms with van der Waals surface area (Å²) in [6.07, 6.45) is 1.79. The van der Waals surface area contributed by atoms with Crippen molar-refractivity contribution in [3.05, 3.63) is 59.8 Å². The van der Waals surface area contributed by atoms with Gasteiger partial charge in [0.15, 0.2) is 0 Å². The molecule has 0 aliphatic carbocycles. The number of benzene rings is 2. The van der Waals surface area contributed by atoms with Crippen LogP contribution >= 0.6 is 0 Å². The Hall–Kier alpha value is -2.82. The number of nitrogens with two attached hydrogens (primary N) is 1. The highest BCUT2D eigenvalue weighted by atomic mass is 16.1. The van der Waals surface area contributed by atoms with Crippen LogP contribution in [0.1, 0.15) is 15.9 Å². The number of anilines is 1. The fourth-order valence-electron chi connectivity index (χ4n) is 2.10. The van der Waals surface area contributed by atoms with Gasteiger partial charge in [0.25, 0.3) is 0 Å². The fourth-order valence-corrected chi connectivity index (χ4v) is 2.10. The summed E-state index contributed by atoms with van der Waals surface area (Å²) in [6.45, 7) is 0.664. The largest absolute Gasteiger partial charge is 0.379 e. The normalized spacial score (nSPS) is 10.6. The number of carbonyl (C=O) groups excluding carboxylic acids is 1. The third kappa shape index (κ3) is 2.33. The number of amides is 1. The summed E-state index contributed by atoms with van der Waals surface area (Å²) in [5, 5.41) is 11.4. The van der Waals surface area contributed by atoms with Gasteiger partial charge in [-0.3, -0.25) is 9.89 Å². The van der Waals surface area contributed by atoms with Gasteiger partial charge in [0.2, 0.25) is 5.91 Å². The predicted molar refractivity (Wildman–Crippen MR) is 78.4 cm³/mol. The summed E-state index contributed by atoms with van der Waals surface area (Å²) in [6, 6.07) is 13.2. The van der Waals surface area contributed by atoms with E-state index in [2.05, 4.69) is 15.5 Å². The van der Waals surface area contributed by atoms with E-state index < -0.39 is 5.91 Å². The highest BCUT2D eigenvalue weighted by Crippen LogP contribution is 2.21. The molecule has 5 heteroatoms. The molecule has 0 aliphatic heterocycles. The lowest BCUT2D eigenvalue weighted by molar-refractivity contribution is 0.100. The first kappa shape index (κ1) is 12.2. The van der Waals surface area contributed by atoms with Gasteiger partial charge >= 0.3 is 0 Å². The Morgan fingerprint density at radius 2 is 2.00 bits per heavy atom. The van der Waals surface area contributed by atoms with Crippen LogP contribution in [0.15, 0.2) is 48.7 Å². The minimum atomic E-state index is -0.410. The Morgan fingerprint density at radius 1 is 1.20 bits per heavy atom. The first-order chi connectivity index (χ1) is 9.74. The molecule has 0 unspecified atom stereocenters. The standard InChI is InChI=1S/C15H14N4O/c16-15(20)11-6-4-10(5-7-11)8-17-13-3-1-2-12-9-18-19-14(12)13/h1-7,9,17H,8H2,(H2,16,20)(H,18,19). The molecule has 2 aromatic carbocycles. The second kappa shape index (κ2) is 5.05. The number of fused-ring (bicyclic) bond motifs is 1. The molecule has 0 spiro atoms. The van der Waals surface area contributed by atoms with E-state index in [0.717, 1.165) is 22.2 Å². The maximum absolute atomic E-state index is 11.0. The zero-order valence-corrected chi connectivity index (χ0v) is 10.8. The van der Waals surface area contributed by atoms with Crippen LogP contribution in [0.4, 0.5) is 5.69 Å². The highest BCUT2D eigenvalue weighted by molar-refractivity contribution is 5.92. The lowest BCUT2D eigenvalue weighted by atomic mass is 10.1. The number of aromatic amines is 1. The molecule has 0 aliphatic rings. The molecule has 3 aromatic rings. The van der Waals surface area contributed by atoms with Crippen LogP contribution in [0.25, 0.3) is 10.9 Å². The Balaban J connectivity index is 1.76. The van der Waals surface area contributed by atoms with Gasteiger partial charge in [0.1, 0.15) is 0 Å². The number of rotatable bonds is 4. The molecule has 0 saturated carbocycles. The first-order valence-electron chi connectivity index (χ1n) is 6.29. The van der Waals surface area contributed by atoms with Gasteiger partial charge in [-0.1, -0.05) is 24.3 Å². The Kier molecular flexibility index (Phi) is 3.09. The van der Waals surface area contributed by atoms with E-state index >= 15 is 0 Å². The van der Waals surface area contributed by atoms with E-state index in [-0.39, 0.29) is 0 Å². The maximum atomic E-state index is 11.0. The number of hydrogen-bond acceptors (Lipinski definition) is 3. The van der Waals surface area contributed by atoms with Crippen LogP contribution in [-0.2, 0) is 6.54 Å². The van der Waals surface area contributed by atoms with Crippen LogP contribution in [0, 0.1) is 0 Å². The average Bonchev–Trinajstić information content (AvgIpc) is 2.94. The zero-order valence-electron chi connectivity index (χ0n) is 10.8. The van der Waals surface area contributed by atoms with Crippen molar-refractivity contribution in [1.82, 2.24) is 10.2 Å². The van der Waals surface area contributed by atoms with E-state index in [0.29, 0.717) is 12.1 Å². The Morgan fingerprint density at radius 3 is 2.75 bits per heavy atom. The molecular weight excluding hydrogens is 252 g/mol. The van der Waals surface area contributed by atoms with Gasteiger partial charge in [-0.25, -0.2) is 0 Å². The van der Waals surface area contributed by atoms with Crippen LogP contribution in [0.5, 0.6) is 0 Å². The highest BCUT2D eigenvalue weighted by Gasteiger charge is 2.03. The average molecular weight is 266 g/mol. The number of hydrogen-bond donors (Lipinski definition) is 3. The maximum Gasteiger partial charge on any atom is 0.248 e. The fraction of sp³-hybridized carbons (Fsp3) is 0.0667. The van der Waals surface area contributed by atoms with Crippen molar-refractivity contribution in [2.45, 2.75) is 6.54 Å². The van der Waals surface area contributed by atoms with Gasteiger partial charge in [-0.2, -0.15) is 5.10 Å². The van der Waals surface area contributed by atoms with Crippen molar-refractivity contribution in [2.75, 3.05) is 5.32 Å². The van der Waals surface area contributed by atoms with E-state index in [1.54, 1.807) is 18.3 Å². The number of H-pyrrole nitrogens is 1. The molecule has 100 valence electrons. The number of aromatic nitrogens is 2. The van der Waals surface area contributed by atoms with Gasteiger partial charge in [-0.15, -0.1) is 0 Å². The van der Waals surface area contributed by atoms with Gasteiger partial charge in [0.05, 0.1) is 17.4 Å². The predicted octanol–water partition coefficient (Wildman–Crippen LogP) is 2.27. The van der Waals surface area contributed by atoms with E-state index in [1.807, 2.05) is 30.3 Å².